The van der Waals surface area contributed by atoms with E-state index >= 15 is 0 Å². The van der Waals surface area contributed by atoms with Crippen molar-refractivity contribution in [2.45, 2.75) is 71.2 Å². The van der Waals surface area contributed by atoms with Crippen molar-refractivity contribution in [2.24, 2.45) is 11.3 Å². The van der Waals surface area contributed by atoms with Gasteiger partial charge in [-0.15, -0.1) is 0 Å². The van der Waals surface area contributed by atoms with E-state index in [1.807, 2.05) is 52.9 Å². The summed E-state index contributed by atoms with van der Waals surface area (Å²) in [5, 5.41) is 11.1. The molecular formula is C41H38N6O5. The summed E-state index contributed by atoms with van der Waals surface area (Å²) < 4.78 is 20.5. The number of para-hydroxylation sites is 1. The molecule has 0 saturated heterocycles. The maximum Gasteiger partial charge on any atom is 0.249 e. The number of amides is 2. The number of fused-ring (bicyclic) bond motifs is 7. The lowest BCUT2D eigenvalue weighted by molar-refractivity contribution is -0.134. The van der Waals surface area contributed by atoms with Gasteiger partial charge in [-0.05, 0) is 35.6 Å². The van der Waals surface area contributed by atoms with Crippen LogP contribution in [0.2, 0.25) is 0 Å². The number of carbonyl (C=O) groups excluding carboxylic acids is 2. The number of aromatic amines is 1. The zero-order valence-electron chi connectivity index (χ0n) is 29.5. The van der Waals surface area contributed by atoms with Gasteiger partial charge in [0.1, 0.15) is 23.2 Å². The van der Waals surface area contributed by atoms with E-state index in [-0.39, 0.29) is 24.2 Å². The van der Waals surface area contributed by atoms with Crippen molar-refractivity contribution in [3.8, 4) is 39.8 Å². The van der Waals surface area contributed by atoms with Gasteiger partial charge in [-0.25, -0.2) is 9.97 Å². The number of carbonyl (C=O) groups is 2. The van der Waals surface area contributed by atoms with Gasteiger partial charge >= 0.3 is 0 Å². The summed E-state index contributed by atoms with van der Waals surface area (Å²) in [7, 11) is 0. The van der Waals surface area contributed by atoms with E-state index in [2.05, 4.69) is 63.4 Å². The predicted octanol–water partition coefficient (Wildman–Crippen LogP) is 7.23. The van der Waals surface area contributed by atoms with Gasteiger partial charge in [0.2, 0.25) is 23.6 Å². The molecule has 4 aliphatic rings. The van der Waals surface area contributed by atoms with Crippen LogP contribution in [0.3, 0.4) is 0 Å². The van der Waals surface area contributed by atoms with Gasteiger partial charge in [-0.1, -0.05) is 77.1 Å². The minimum absolute atomic E-state index is 0.123. The molecule has 52 heavy (non-hydrogen) atoms. The molecule has 0 aliphatic carbocycles. The molecule has 4 atom stereocenters. The van der Waals surface area contributed by atoms with Gasteiger partial charge in [0, 0.05) is 56.9 Å². The molecule has 3 aromatic heterocycles. The van der Waals surface area contributed by atoms with Crippen LogP contribution in [0.1, 0.15) is 75.4 Å². The average Bonchev–Trinajstić information content (AvgIpc) is 3.95. The third-order valence-electron chi connectivity index (χ3n) is 11.6. The highest BCUT2D eigenvalue weighted by Crippen LogP contribution is 2.61. The van der Waals surface area contributed by atoms with Gasteiger partial charge in [0.05, 0.1) is 6.20 Å². The quantitative estimate of drug-likeness (QED) is 0.151. The number of ether oxygens (including phenoxy) is 1. The Bertz CT molecular complexity index is 2490. The number of oxazole rings is 2. The van der Waals surface area contributed by atoms with Crippen molar-refractivity contribution in [1.82, 2.24) is 25.6 Å². The lowest BCUT2D eigenvalue weighted by Gasteiger charge is -2.30. The molecule has 2 unspecified atom stereocenters. The average molecular weight is 695 g/mol. The number of nitrogens with zero attached hydrogens (tertiary/aromatic N) is 2. The highest BCUT2D eigenvalue weighted by atomic mass is 16.5. The number of aromatic nitrogens is 3. The summed E-state index contributed by atoms with van der Waals surface area (Å²) in [5.41, 5.74) is 6.29. The molecule has 3 aromatic carbocycles. The van der Waals surface area contributed by atoms with E-state index < -0.39 is 29.1 Å². The molecule has 2 amide bonds. The highest BCUT2D eigenvalue weighted by molar-refractivity contribution is 6.07. The topological polar surface area (TPSA) is 147 Å². The highest BCUT2D eigenvalue weighted by Gasteiger charge is 2.61. The van der Waals surface area contributed by atoms with Gasteiger partial charge in [0.25, 0.3) is 0 Å². The normalized spacial score (nSPS) is 22.2. The fourth-order valence-corrected chi connectivity index (χ4v) is 8.37. The molecule has 11 nitrogen and oxygen atoms in total. The van der Waals surface area contributed by atoms with E-state index in [9.17, 15) is 9.59 Å². The Balaban J connectivity index is 1.28. The van der Waals surface area contributed by atoms with Crippen LogP contribution in [0, 0.1) is 11.3 Å². The van der Waals surface area contributed by atoms with Gasteiger partial charge in [-0.2, -0.15) is 0 Å². The minimum atomic E-state index is -1.02. The number of nitrogens with one attached hydrogen (secondary N) is 4. The SMILES string of the molecule is CCC(C)(C)C(=O)N[C@H]1Cc2ccc3c(c2)C24c5cccc(c5NC2O3)-c2cccc3[nH]cc(c23)-c2cnc(o2)-c2nc(oc24)[C@H](C(C)C)NC1=O. The first-order valence-electron chi connectivity index (χ1n) is 18.0. The lowest BCUT2D eigenvalue weighted by Crippen LogP contribution is -2.52. The van der Waals surface area contributed by atoms with Crippen LogP contribution in [-0.4, -0.2) is 39.0 Å². The summed E-state index contributed by atoms with van der Waals surface area (Å²) in [6, 6.07) is 17.1. The van der Waals surface area contributed by atoms with E-state index in [1.54, 1.807) is 6.20 Å². The number of anilines is 1. The number of hydrogen-bond donors (Lipinski definition) is 4. The molecular weight excluding hydrogens is 656 g/mol. The summed E-state index contributed by atoms with van der Waals surface area (Å²) in [6.07, 6.45) is 3.97. The van der Waals surface area contributed by atoms with Crippen molar-refractivity contribution in [1.29, 1.82) is 0 Å². The van der Waals surface area contributed by atoms with Crippen molar-refractivity contribution >= 4 is 28.4 Å². The standard InChI is InChI=1S/C41H38N6O5/c1-6-40(4,5)38(49)44-27-16-20-13-14-28-25(15-20)41-24-11-7-10-22(32(24)47-39(41)51-28)21-9-8-12-26-30(21)23(17-42-26)29-18-43-36(50-29)33-34(41)52-37(46-33)31(19(2)3)45-35(27)48/h7-15,17-19,27,31,39,42,47H,6,16H2,1-5H3,(H,44,49)(H,45,48)/t27-,31-,39?,41?/m0/s1. The van der Waals surface area contributed by atoms with E-state index in [0.29, 0.717) is 41.2 Å². The smallest absolute Gasteiger partial charge is 0.249 e. The summed E-state index contributed by atoms with van der Waals surface area (Å²) in [4.78, 5) is 41.2. The minimum Gasteiger partial charge on any atom is -0.469 e. The second-order valence-electron chi connectivity index (χ2n) is 15.4. The van der Waals surface area contributed by atoms with Crippen molar-refractivity contribution < 1.29 is 23.2 Å². The Morgan fingerprint density at radius 2 is 1.87 bits per heavy atom. The summed E-state index contributed by atoms with van der Waals surface area (Å²) in [6.45, 7) is 9.76. The molecule has 0 radical (unpaired) electrons. The van der Waals surface area contributed by atoms with Crippen molar-refractivity contribution in [2.75, 3.05) is 5.32 Å². The maximum atomic E-state index is 14.2. The second kappa shape index (κ2) is 10.6. The first kappa shape index (κ1) is 30.9. The monoisotopic (exact) mass is 694 g/mol. The first-order chi connectivity index (χ1) is 25.1. The molecule has 0 saturated carbocycles. The van der Waals surface area contributed by atoms with E-state index in [0.717, 1.165) is 50.0 Å². The Labute approximate surface area is 299 Å². The van der Waals surface area contributed by atoms with Crippen LogP contribution in [0.15, 0.2) is 75.8 Å². The third-order valence-corrected chi connectivity index (χ3v) is 11.6. The van der Waals surface area contributed by atoms with Crippen LogP contribution < -0.4 is 20.7 Å². The van der Waals surface area contributed by atoms with Crippen LogP contribution in [-0.2, 0) is 21.4 Å². The van der Waals surface area contributed by atoms with E-state index in [1.165, 1.54) is 0 Å². The fourth-order valence-electron chi connectivity index (χ4n) is 8.37. The number of rotatable bonds is 4. The van der Waals surface area contributed by atoms with Crippen LogP contribution in [0.4, 0.5) is 5.69 Å². The molecule has 0 fully saturated rings. The molecule has 11 heteroatoms. The number of hydrogen-bond acceptors (Lipinski definition) is 8. The van der Waals surface area contributed by atoms with Gasteiger partial charge in [-0.3, -0.25) is 9.59 Å². The Kier molecular flexibility index (Phi) is 6.31. The van der Waals surface area contributed by atoms with Gasteiger partial charge < -0.3 is 34.5 Å². The lowest BCUT2D eigenvalue weighted by atomic mass is 9.72. The first-order valence-corrected chi connectivity index (χ1v) is 18.0. The molecule has 1 spiro atoms. The summed E-state index contributed by atoms with van der Waals surface area (Å²) >= 11 is 0. The molecule has 10 bridgehead atoms. The molecule has 262 valence electrons. The van der Waals surface area contributed by atoms with Crippen molar-refractivity contribution in [3.63, 3.8) is 0 Å². The zero-order valence-corrected chi connectivity index (χ0v) is 29.5. The molecule has 10 rings (SSSR count). The van der Waals surface area contributed by atoms with E-state index in [4.69, 9.17) is 23.5 Å². The second-order valence-corrected chi connectivity index (χ2v) is 15.4. The molecule has 6 aromatic rings. The molecule has 4 aliphatic heterocycles. The third kappa shape index (κ3) is 4.07. The predicted molar refractivity (Wildman–Crippen MR) is 195 cm³/mol. The Morgan fingerprint density at radius 1 is 1.04 bits per heavy atom. The fraction of sp³-hybridized carbons (Fsp3) is 0.317. The van der Waals surface area contributed by atoms with Crippen LogP contribution in [0.25, 0.3) is 44.9 Å². The van der Waals surface area contributed by atoms with Crippen molar-refractivity contribution in [3.05, 3.63) is 95.3 Å². The molecule has 4 N–H and O–H groups in total. The van der Waals surface area contributed by atoms with Gasteiger partial charge in [0.15, 0.2) is 23.4 Å². The maximum absolute atomic E-state index is 14.2. The Hall–Kier alpha value is -5.84. The Morgan fingerprint density at radius 3 is 2.69 bits per heavy atom. The number of benzene rings is 3. The molecule has 7 heterocycles. The largest absolute Gasteiger partial charge is 0.469 e. The summed E-state index contributed by atoms with van der Waals surface area (Å²) in [5.74, 6) is 1.78. The van der Waals surface area contributed by atoms with Crippen LogP contribution in [0.5, 0.6) is 5.75 Å². The number of H-pyrrole nitrogens is 1. The zero-order chi connectivity index (χ0) is 35.7. The van der Waals surface area contributed by atoms with Crippen LogP contribution >= 0.6 is 0 Å².